The highest BCUT2D eigenvalue weighted by molar-refractivity contribution is 5.18. The average molecular weight is 245 g/mol. The zero-order valence-electron chi connectivity index (χ0n) is 9.75. The Hall–Kier alpha value is -1.04. The lowest BCUT2D eigenvalue weighted by atomic mass is 10.1. The van der Waals surface area contributed by atoms with E-state index in [4.69, 9.17) is 9.84 Å². The van der Waals surface area contributed by atoms with Gasteiger partial charge >= 0.3 is 0 Å². The third-order valence-electron chi connectivity index (χ3n) is 2.48. The highest BCUT2D eigenvalue weighted by atomic mass is 19.1. The Morgan fingerprint density at radius 2 is 2.18 bits per heavy atom. The zero-order chi connectivity index (χ0) is 12.7. The van der Waals surface area contributed by atoms with Crippen LogP contribution in [0.15, 0.2) is 18.2 Å². The van der Waals surface area contributed by atoms with Crippen LogP contribution in [0, 0.1) is 11.6 Å². The Labute approximate surface area is 99.4 Å². The van der Waals surface area contributed by atoms with E-state index >= 15 is 0 Å². The van der Waals surface area contributed by atoms with Crippen molar-refractivity contribution in [2.75, 3.05) is 20.3 Å². The molecule has 1 unspecified atom stereocenters. The molecule has 3 nitrogen and oxygen atoms in total. The summed E-state index contributed by atoms with van der Waals surface area (Å²) in [5.41, 5.74) is 0.251. The van der Waals surface area contributed by atoms with Gasteiger partial charge in [0.15, 0.2) is 0 Å². The molecule has 2 N–H and O–H groups in total. The first-order valence-corrected chi connectivity index (χ1v) is 5.44. The largest absolute Gasteiger partial charge is 0.395 e. The molecule has 0 aliphatic rings. The molecule has 0 bridgehead atoms. The van der Waals surface area contributed by atoms with Crippen molar-refractivity contribution in [3.8, 4) is 0 Å². The molecule has 0 amide bonds. The Balaban J connectivity index is 2.50. The van der Waals surface area contributed by atoms with Gasteiger partial charge in [0.05, 0.1) is 6.61 Å². The highest BCUT2D eigenvalue weighted by Gasteiger charge is 2.09. The number of ether oxygens (including phenoxy) is 1. The molecule has 1 aromatic carbocycles. The van der Waals surface area contributed by atoms with Gasteiger partial charge in [-0.15, -0.1) is 0 Å². The summed E-state index contributed by atoms with van der Waals surface area (Å²) in [7, 11) is 1.57. The van der Waals surface area contributed by atoms with Crippen LogP contribution in [-0.4, -0.2) is 31.5 Å². The van der Waals surface area contributed by atoms with Gasteiger partial charge in [-0.25, -0.2) is 8.78 Å². The molecule has 5 heteroatoms. The molecule has 17 heavy (non-hydrogen) atoms. The molecule has 0 aliphatic heterocycles. The zero-order valence-corrected chi connectivity index (χ0v) is 9.75. The van der Waals surface area contributed by atoms with E-state index < -0.39 is 11.6 Å². The normalized spacial score (nSPS) is 12.7. The summed E-state index contributed by atoms with van der Waals surface area (Å²) in [5, 5.41) is 12.0. The molecule has 1 atom stereocenters. The van der Waals surface area contributed by atoms with Gasteiger partial charge in [-0.1, -0.05) is 0 Å². The summed E-state index contributed by atoms with van der Waals surface area (Å²) in [4.78, 5) is 0. The van der Waals surface area contributed by atoms with E-state index in [0.29, 0.717) is 13.0 Å². The molecule has 0 saturated carbocycles. The average Bonchev–Trinajstić information content (AvgIpc) is 2.33. The van der Waals surface area contributed by atoms with E-state index in [1.54, 1.807) is 7.11 Å². The number of hydrogen-bond acceptors (Lipinski definition) is 3. The Kier molecular flexibility index (Phi) is 6.04. The van der Waals surface area contributed by atoms with Crippen molar-refractivity contribution in [3.05, 3.63) is 35.4 Å². The maximum atomic E-state index is 13.3. The van der Waals surface area contributed by atoms with Crippen LogP contribution in [0.3, 0.4) is 0 Å². The summed E-state index contributed by atoms with van der Waals surface area (Å²) in [6.45, 7) is 0.614. The molecule has 0 saturated heterocycles. The third kappa shape index (κ3) is 4.77. The van der Waals surface area contributed by atoms with Crippen LogP contribution in [0.5, 0.6) is 0 Å². The summed E-state index contributed by atoms with van der Waals surface area (Å²) < 4.78 is 31.1. The molecule has 0 fully saturated rings. The Bertz CT molecular complexity index is 347. The molecule has 0 spiro atoms. The van der Waals surface area contributed by atoms with Crippen molar-refractivity contribution < 1.29 is 18.6 Å². The van der Waals surface area contributed by atoms with Crippen molar-refractivity contribution in [3.63, 3.8) is 0 Å². The number of halogens is 2. The second kappa shape index (κ2) is 7.32. The summed E-state index contributed by atoms with van der Waals surface area (Å²) in [6.07, 6.45) is 0.615. The van der Waals surface area contributed by atoms with Crippen molar-refractivity contribution >= 4 is 0 Å². The fourth-order valence-corrected chi connectivity index (χ4v) is 1.45. The van der Waals surface area contributed by atoms with Crippen LogP contribution in [-0.2, 0) is 11.3 Å². The summed E-state index contributed by atoms with van der Waals surface area (Å²) in [6, 6.07) is 3.13. The topological polar surface area (TPSA) is 41.5 Å². The fraction of sp³-hybridized carbons (Fsp3) is 0.500. The SMILES string of the molecule is COCCC(CO)NCc1cc(F)ccc1F. The first-order chi connectivity index (χ1) is 8.17. The first-order valence-electron chi connectivity index (χ1n) is 5.44. The molecule has 0 heterocycles. The standard InChI is InChI=1S/C12H17F2NO2/c1-17-5-4-11(8-16)15-7-9-6-10(13)2-3-12(9)14/h2-3,6,11,15-16H,4-5,7-8H2,1H3. The van der Waals surface area contributed by atoms with Crippen LogP contribution in [0.1, 0.15) is 12.0 Å². The van der Waals surface area contributed by atoms with Gasteiger partial charge in [-0.3, -0.25) is 0 Å². The molecule has 1 aromatic rings. The smallest absolute Gasteiger partial charge is 0.127 e. The van der Waals surface area contributed by atoms with Gasteiger partial charge in [0, 0.05) is 31.9 Å². The Morgan fingerprint density at radius 3 is 2.82 bits per heavy atom. The number of benzene rings is 1. The van der Waals surface area contributed by atoms with Gasteiger partial charge < -0.3 is 15.2 Å². The van der Waals surface area contributed by atoms with Crippen LogP contribution < -0.4 is 5.32 Å². The van der Waals surface area contributed by atoms with Crippen molar-refractivity contribution in [2.45, 2.75) is 19.0 Å². The predicted molar refractivity (Wildman–Crippen MR) is 60.6 cm³/mol. The molecular formula is C12H17F2NO2. The number of nitrogens with one attached hydrogen (secondary N) is 1. The molecular weight excluding hydrogens is 228 g/mol. The molecule has 0 aliphatic carbocycles. The molecule has 1 rings (SSSR count). The quantitative estimate of drug-likeness (QED) is 0.764. The minimum Gasteiger partial charge on any atom is -0.395 e. The van der Waals surface area contributed by atoms with Crippen LogP contribution in [0.25, 0.3) is 0 Å². The number of rotatable bonds is 7. The van der Waals surface area contributed by atoms with Crippen molar-refractivity contribution in [1.29, 1.82) is 0 Å². The fourth-order valence-electron chi connectivity index (χ4n) is 1.45. The van der Waals surface area contributed by atoms with E-state index in [1.165, 1.54) is 0 Å². The maximum Gasteiger partial charge on any atom is 0.127 e. The van der Waals surface area contributed by atoms with Crippen LogP contribution in [0.2, 0.25) is 0 Å². The van der Waals surface area contributed by atoms with Gasteiger partial charge in [-0.05, 0) is 24.6 Å². The molecule has 0 radical (unpaired) electrons. The number of aliphatic hydroxyl groups is 1. The maximum absolute atomic E-state index is 13.3. The summed E-state index contributed by atoms with van der Waals surface area (Å²) in [5.74, 6) is -0.928. The number of aliphatic hydroxyl groups excluding tert-OH is 1. The van der Waals surface area contributed by atoms with Gasteiger partial charge in [0.1, 0.15) is 11.6 Å². The van der Waals surface area contributed by atoms with Gasteiger partial charge in [-0.2, -0.15) is 0 Å². The molecule has 0 aromatic heterocycles. The van der Waals surface area contributed by atoms with Gasteiger partial charge in [0.2, 0.25) is 0 Å². The van der Waals surface area contributed by atoms with E-state index in [0.717, 1.165) is 18.2 Å². The van der Waals surface area contributed by atoms with Crippen molar-refractivity contribution in [2.24, 2.45) is 0 Å². The van der Waals surface area contributed by atoms with Gasteiger partial charge in [0.25, 0.3) is 0 Å². The number of hydrogen-bond donors (Lipinski definition) is 2. The van der Waals surface area contributed by atoms with E-state index in [-0.39, 0.29) is 24.8 Å². The second-order valence-corrected chi connectivity index (χ2v) is 3.78. The number of methoxy groups -OCH3 is 1. The Morgan fingerprint density at radius 1 is 1.41 bits per heavy atom. The van der Waals surface area contributed by atoms with E-state index in [2.05, 4.69) is 5.32 Å². The van der Waals surface area contributed by atoms with E-state index in [1.807, 2.05) is 0 Å². The third-order valence-corrected chi connectivity index (χ3v) is 2.48. The van der Waals surface area contributed by atoms with Crippen molar-refractivity contribution in [1.82, 2.24) is 5.32 Å². The first kappa shape index (κ1) is 14.0. The minimum absolute atomic E-state index is 0.0692. The van der Waals surface area contributed by atoms with E-state index in [9.17, 15) is 8.78 Å². The van der Waals surface area contributed by atoms with Crippen LogP contribution in [0.4, 0.5) is 8.78 Å². The van der Waals surface area contributed by atoms with Crippen LogP contribution >= 0.6 is 0 Å². The lowest BCUT2D eigenvalue weighted by molar-refractivity contribution is 0.159. The lowest BCUT2D eigenvalue weighted by Gasteiger charge is -2.16. The predicted octanol–water partition coefficient (Wildman–Crippen LogP) is 1.45. The lowest BCUT2D eigenvalue weighted by Crippen LogP contribution is -2.33. The summed E-state index contributed by atoms with van der Waals surface area (Å²) >= 11 is 0. The second-order valence-electron chi connectivity index (χ2n) is 3.78. The monoisotopic (exact) mass is 245 g/mol. The minimum atomic E-state index is -0.472. The highest BCUT2D eigenvalue weighted by Crippen LogP contribution is 2.09. The molecule has 96 valence electrons.